The summed E-state index contributed by atoms with van der Waals surface area (Å²) in [4.78, 5) is 12.2. The van der Waals surface area contributed by atoms with Crippen molar-refractivity contribution in [3.63, 3.8) is 0 Å². The number of esters is 1. The van der Waals surface area contributed by atoms with Crippen LogP contribution in [0.5, 0.6) is 0 Å². The molecule has 3 rings (SSSR count). The van der Waals surface area contributed by atoms with Gasteiger partial charge in [-0.15, -0.1) is 0 Å². The van der Waals surface area contributed by atoms with Gasteiger partial charge in [0.15, 0.2) is 0 Å². The van der Waals surface area contributed by atoms with Crippen molar-refractivity contribution in [1.29, 1.82) is 0 Å². The third-order valence-electron chi connectivity index (χ3n) is 3.83. The first kappa shape index (κ1) is 19.0. The highest BCUT2D eigenvalue weighted by molar-refractivity contribution is 7.92. The molecular weight excluding hydrogens is 390 g/mol. The second-order valence-electron chi connectivity index (χ2n) is 5.64. The van der Waals surface area contributed by atoms with Crippen molar-refractivity contribution in [2.45, 2.75) is 11.5 Å². The molecule has 140 valence electrons. The molecule has 0 aliphatic heterocycles. The Morgan fingerprint density at radius 1 is 1.11 bits per heavy atom. The molecule has 0 saturated carbocycles. The first-order chi connectivity index (χ1) is 12.9. The Kier molecular flexibility index (Phi) is 5.53. The van der Waals surface area contributed by atoms with Crippen LogP contribution >= 0.6 is 11.6 Å². The van der Waals surface area contributed by atoms with Gasteiger partial charge in [-0.1, -0.05) is 23.7 Å². The van der Waals surface area contributed by atoms with Crippen LogP contribution in [0.15, 0.2) is 76.2 Å². The Bertz CT molecular complexity index is 1050. The van der Waals surface area contributed by atoms with Crippen molar-refractivity contribution < 1.29 is 22.4 Å². The van der Waals surface area contributed by atoms with Gasteiger partial charge in [-0.3, -0.25) is 4.31 Å². The van der Waals surface area contributed by atoms with Gasteiger partial charge in [0.1, 0.15) is 12.4 Å². The third kappa shape index (κ3) is 4.32. The van der Waals surface area contributed by atoms with E-state index in [1.54, 1.807) is 36.4 Å². The SMILES string of the molecule is CN(c1cccc(Cl)c1)S(=O)(=O)c1cccc(C(=O)OCc2ccco2)c1. The summed E-state index contributed by atoms with van der Waals surface area (Å²) in [7, 11) is -2.46. The lowest BCUT2D eigenvalue weighted by atomic mass is 10.2. The zero-order chi connectivity index (χ0) is 19.4. The molecular formula is C19H16ClNO5S. The number of carbonyl (C=O) groups is 1. The molecule has 0 spiro atoms. The second-order valence-corrected chi connectivity index (χ2v) is 8.04. The summed E-state index contributed by atoms with van der Waals surface area (Å²) in [5, 5.41) is 0.421. The number of benzene rings is 2. The van der Waals surface area contributed by atoms with Crippen LogP contribution in [0.1, 0.15) is 16.1 Å². The van der Waals surface area contributed by atoms with Crippen LogP contribution in [0.2, 0.25) is 5.02 Å². The van der Waals surface area contributed by atoms with E-state index in [1.807, 2.05) is 0 Å². The highest BCUT2D eigenvalue weighted by atomic mass is 35.5. The van der Waals surface area contributed by atoms with Crippen molar-refractivity contribution in [1.82, 2.24) is 0 Å². The molecule has 0 aliphatic rings. The number of rotatable bonds is 6. The number of halogens is 1. The fraction of sp³-hybridized carbons (Fsp3) is 0.105. The molecule has 0 saturated heterocycles. The summed E-state index contributed by atoms with van der Waals surface area (Å²) < 4.78 is 37.1. The molecule has 27 heavy (non-hydrogen) atoms. The molecule has 0 atom stereocenters. The topological polar surface area (TPSA) is 76.8 Å². The maximum Gasteiger partial charge on any atom is 0.338 e. The number of ether oxygens (including phenoxy) is 1. The molecule has 8 heteroatoms. The van der Waals surface area contributed by atoms with Crippen molar-refractivity contribution in [2.75, 3.05) is 11.4 Å². The zero-order valence-corrected chi connectivity index (χ0v) is 15.9. The highest BCUT2D eigenvalue weighted by Gasteiger charge is 2.23. The van der Waals surface area contributed by atoms with E-state index < -0.39 is 16.0 Å². The number of hydrogen-bond donors (Lipinski definition) is 0. The van der Waals surface area contributed by atoms with Gasteiger partial charge in [0.05, 0.1) is 22.4 Å². The van der Waals surface area contributed by atoms with Gasteiger partial charge in [0.25, 0.3) is 10.0 Å². The lowest BCUT2D eigenvalue weighted by Gasteiger charge is -2.20. The first-order valence-electron chi connectivity index (χ1n) is 7.92. The van der Waals surface area contributed by atoms with Crippen LogP contribution in [0, 0.1) is 0 Å². The monoisotopic (exact) mass is 405 g/mol. The minimum absolute atomic E-state index is 0.0302. The second kappa shape index (κ2) is 7.85. The normalized spacial score (nSPS) is 11.2. The van der Waals surface area contributed by atoms with Crippen molar-refractivity contribution in [3.05, 3.63) is 83.3 Å². The Hall–Kier alpha value is -2.77. The summed E-state index contributed by atoms with van der Waals surface area (Å²) in [5.41, 5.74) is 0.537. The van der Waals surface area contributed by atoms with Gasteiger partial charge in [0.2, 0.25) is 0 Å². The molecule has 0 unspecified atom stereocenters. The number of hydrogen-bond acceptors (Lipinski definition) is 5. The van der Waals surface area contributed by atoms with Crippen molar-refractivity contribution in [2.24, 2.45) is 0 Å². The summed E-state index contributed by atoms with van der Waals surface area (Å²) in [5.74, 6) is -0.151. The predicted octanol–water partition coefficient (Wildman–Crippen LogP) is 4.12. The van der Waals surface area contributed by atoms with Crippen LogP contribution in [0.3, 0.4) is 0 Å². The first-order valence-corrected chi connectivity index (χ1v) is 9.74. The van der Waals surface area contributed by atoms with Crippen LogP contribution in [0.4, 0.5) is 5.69 Å². The fourth-order valence-corrected chi connectivity index (χ4v) is 3.79. The Labute approximate surface area is 162 Å². The van der Waals surface area contributed by atoms with Gasteiger partial charge in [-0.05, 0) is 48.5 Å². The largest absolute Gasteiger partial charge is 0.466 e. The smallest absolute Gasteiger partial charge is 0.338 e. The maximum absolute atomic E-state index is 12.9. The molecule has 0 bridgehead atoms. The number of sulfonamides is 1. The van der Waals surface area contributed by atoms with E-state index in [9.17, 15) is 13.2 Å². The van der Waals surface area contributed by atoms with Gasteiger partial charge >= 0.3 is 5.97 Å². The summed E-state index contributed by atoms with van der Waals surface area (Å²) >= 11 is 5.94. The fourth-order valence-electron chi connectivity index (χ4n) is 2.37. The van der Waals surface area contributed by atoms with Crippen LogP contribution in [-0.4, -0.2) is 21.4 Å². The van der Waals surface area contributed by atoms with Gasteiger partial charge in [-0.25, -0.2) is 13.2 Å². The molecule has 0 fully saturated rings. The molecule has 1 aromatic heterocycles. The minimum atomic E-state index is -3.87. The molecule has 0 radical (unpaired) electrons. The summed E-state index contributed by atoms with van der Waals surface area (Å²) in [6.45, 7) is -0.0365. The van der Waals surface area contributed by atoms with E-state index in [2.05, 4.69) is 0 Å². The number of anilines is 1. The zero-order valence-electron chi connectivity index (χ0n) is 14.3. The van der Waals surface area contributed by atoms with E-state index in [-0.39, 0.29) is 17.1 Å². The number of carbonyl (C=O) groups excluding carboxylic acids is 1. The van der Waals surface area contributed by atoms with Gasteiger partial charge < -0.3 is 9.15 Å². The van der Waals surface area contributed by atoms with Crippen LogP contribution < -0.4 is 4.31 Å². The van der Waals surface area contributed by atoms with Gasteiger partial charge in [0, 0.05) is 12.1 Å². The average Bonchev–Trinajstić information content (AvgIpc) is 3.19. The molecule has 2 aromatic carbocycles. The average molecular weight is 406 g/mol. The van der Waals surface area contributed by atoms with Crippen LogP contribution in [0.25, 0.3) is 0 Å². The molecule has 3 aromatic rings. The Morgan fingerprint density at radius 2 is 1.89 bits per heavy atom. The van der Waals surface area contributed by atoms with Crippen molar-refractivity contribution in [3.8, 4) is 0 Å². The van der Waals surface area contributed by atoms with E-state index in [0.717, 1.165) is 4.31 Å². The summed E-state index contributed by atoms with van der Waals surface area (Å²) in [6.07, 6.45) is 1.47. The van der Waals surface area contributed by atoms with Crippen LogP contribution in [-0.2, 0) is 21.4 Å². The molecule has 6 nitrogen and oxygen atoms in total. The molecule has 0 aliphatic carbocycles. The van der Waals surface area contributed by atoms with Gasteiger partial charge in [-0.2, -0.15) is 0 Å². The highest BCUT2D eigenvalue weighted by Crippen LogP contribution is 2.25. The van der Waals surface area contributed by atoms with E-state index in [0.29, 0.717) is 16.5 Å². The standard InChI is InChI=1S/C19H16ClNO5S/c1-21(16-7-3-6-15(20)12-16)27(23,24)18-9-2-5-14(11-18)19(22)26-13-17-8-4-10-25-17/h2-12H,13H2,1H3. The molecule has 0 N–H and O–H groups in total. The lowest BCUT2D eigenvalue weighted by molar-refractivity contribution is 0.0445. The van der Waals surface area contributed by atoms with E-state index >= 15 is 0 Å². The molecule has 0 amide bonds. The Morgan fingerprint density at radius 3 is 2.59 bits per heavy atom. The number of furan rings is 1. The van der Waals surface area contributed by atoms with E-state index in [1.165, 1.54) is 37.6 Å². The lowest BCUT2D eigenvalue weighted by Crippen LogP contribution is -2.26. The third-order valence-corrected chi connectivity index (χ3v) is 5.84. The summed E-state index contributed by atoms with van der Waals surface area (Å²) in [6, 6.07) is 15.5. The van der Waals surface area contributed by atoms with E-state index in [4.69, 9.17) is 20.8 Å². The number of nitrogens with zero attached hydrogens (tertiary/aromatic N) is 1. The Balaban J connectivity index is 1.82. The quantitative estimate of drug-likeness (QED) is 0.576. The maximum atomic E-state index is 12.9. The predicted molar refractivity (Wildman–Crippen MR) is 101 cm³/mol. The minimum Gasteiger partial charge on any atom is -0.466 e. The molecule has 1 heterocycles. The van der Waals surface area contributed by atoms with Crippen molar-refractivity contribution >= 4 is 33.3 Å².